The summed E-state index contributed by atoms with van der Waals surface area (Å²) in [6.07, 6.45) is 4.39. The van der Waals surface area contributed by atoms with Crippen molar-refractivity contribution in [3.63, 3.8) is 0 Å². The average Bonchev–Trinajstić information content (AvgIpc) is 2.83. The zero-order valence-corrected chi connectivity index (χ0v) is 13.5. The van der Waals surface area contributed by atoms with Crippen molar-refractivity contribution in [2.24, 2.45) is 0 Å². The van der Waals surface area contributed by atoms with Crippen LogP contribution < -0.4 is 5.32 Å². The first-order chi connectivity index (χ1) is 11.6. The lowest BCUT2D eigenvalue weighted by Crippen LogP contribution is -2.35. The lowest BCUT2D eigenvalue weighted by atomic mass is 10.0. The summed E-state index contributed by atoms with van der Waals surface area (Å²) in [7, 11) is 0. The van der Waals surface area contributed by atoms with Gasteiger partial charge in [-0.15, -0.1) is 0 Å². The predicted octanol–water partition coefficient (Wildman–Crippen LogP) is 1.13. The fourth-order valence-corrected chi connectivity index (χ4v) is 2.95. The summed E-state index contributed by atoms with van der Waals surface area (Å²) < 4.78 is 0. The lowest BCUT2D eigenvalue weighted by molar-refractivity contribution is -0.136. The average molecular weight is 327 g/mol. The normalized spacial score (nSPS) is 17.1. The van der Waals surface area contributed by atoms with Gasteiger partial charge in [-0.05, 0) is 17.2 Å². The molecular weight excluding hydrogens is 306 g/mol. The Bertz CT molecular complexity index is 684. The van der Waals surface area contributed by atoms with Crippen LogP contribution >= 0.6 is 0 Å². The smallest absolute Gasteiger partial charge is 0.227 e. The minimum atomic E-state index is -0.0683. The standard InChI is InChI=1S/C18H21N3O3/c22-16-8-11-20(12-9-19-16)17(23)5-6-18(24)21-10-7-14-3-1-2-4-15(14)13-21/h1-4,7,10H,5-6,8-9,11-13H2,(H,19,22). The second-order valence-electron chi connectivity index (χ2n) is 6.02. The maximum atomic E-state index is 12.4. The molecule has 2 heterocycles. The van der Waals surface area contributed by atoms with Crippen LogP contribution in [0.5, 0.6) is 0 Å². The zero-order chi connectivity index (χ0) is 16.9. The van der Waals surface area contributed by atoms with Crippen molar-refractivity contribution in [1.29, 1.82) is 0 Å². The third-order valence-electron chi connectivity index (χ3n) is 4.37. The van der Waals surface area contributed by atoms with Gasteiger partial charge in [-0.1, -0.05) is 24.3 Å². The van der Waals surface area contributed by atoms with Crippen LogP contribution in [0.15, 0.2) is 30.5 Å². The van der Waals surface area contributed by atoms with E-state index in [0.29, 0.717) is 32.6 Å². The molecule has 126 valence electrons. The molecule has 1 saturated heterocycles. The molecule has 0 aromatic heterocycles. The number of rotatable bonds is 3. The molecule has 1 fully saturated rings. The largest absolute Gasteiger partial charge is 0.354 e. The van der Waals surface area contributed by atoms with Gasteiger partial charge < -0.3 is 15.1 Å². The van der Waals surface area contributed by atoms with Crippen molar-refractivity contribution in [1.82, 2.24) is 15.1 Å². The van der Waals surface area contributed by atoms with Crippen LogP contribution in [0.4, 0.5) is 0 Å². The summed E-state index contributed by atoms with van der Waals surface area (Å²) in [5.74, 6) is -0.155. The summed E-state index contributed by atoms with van der Waals surface area (Å²) in [6, 6.07) is 7.95. The summed E-state index contributed by atoms with van der Waals surface area (Å²) in [5, 5.41) is 2.74. The number of benzene rings is 1. The zero-order valence-electron chi connectivity index (χ0n) is 13.5. The molecule has 6 nitrogen and oxygen atoms in total. The Morgan fingerprint density at radius 3 is 2.75 bits per heavy atom. The van der Waals surface area contributed by atoms with Gasteiger partial charge in [-0.2, -0.15) is 0 Å². The minimum Gasteiger partial charge on any atom is -0.354 e. The fourth-order valence-electron chi connectivity index (χ4n) is 2.95. The van der Waals surface area contributed by atoms with E-state index in [9.17, 15) is 14.4 Å². The summed E-state index contributed by atoms with van der Waals surface area (Å²) in [6.45, 7) is 1.96. The number of nitrogens with one attached hydrogen (secondary N) is 1. The van der Waals surface area contributed by atoms with Crippen molar-refractivity contribution in [2.45, 2.75) is 25.8 Å². The van der Waals surface area contributed by atoms with Crippen LogP contribution in [0, 0.1) is 0 Å². The molecule has 0 aliphatic carbocycles. The van der Waals surface area contributed by atoms with Gasteiger partial charge in [0.15, 0.2) is 0 Å². The van der Waals surface area contributed by atoms with E-state index < -0.39 is 0 Å². The molecule has 0 unspecified atom stereocenters. The van der Waals surface area contributed by atoms with Crippen LogP contribution in [0.1, 0.15) is 30.4 Å². The highest BCUT2D eigenvalue weighted by molar-refractivity contribution is 5.86. The number of carbonyl (C=O) groups excluding carboxylic acids is 3. The molecular formula is C18H21N3O3. The Balaban J connectivity index is 1.51. The molecule has 0 spiro atoms. The molecule has 2 aliphatic heterocycles. The SMILES string of the molecule is O=C1CCN(C(=O)CCC(=O)N2C=Cc3ccccc3C2)CCN1. The topological polar surface area (TPSA) is 69.7 Å². The van der Waals surface area contributed by atoms with Crippen molar-refractivity contribution < 1.29 is 14.4 Å². The van der Waals surface area contributed by atoms with Crippen LogP contribution in [-0.2, 0) is 20.9 Å². The molecule has 1 aromatic carbocycles. The Labute approximate surface area is 141 Å². The van der Waals surface area contributed by atoms with E-state index in [2.05, 4.69) is 5.32 Å². The highest BCUT2D eigenvalue weighted by Crippen LogP contribution is 2.20. The highest BCUT2D eigenvalue weighted by atomic mass is 16.2. The molecule has 0 atom stereocenters. The summed E-state index contributed by atoms with van der Waals surface area (Å²) in [4.78, 5) is 39.2. The molecule has 3 amide bonds. The first-order valence-corrected chi connectivity index (χ1v) is 8.23. The van der Waals surface area contributed by atoms with Crippen LogP contribution in [-0.4, -0.2) is 47.2 Å². The van der Waals surface area contributed by atoms with Gasteiger partial charge in [0.1, 0.15) is 0 Å². The number of hydrogen-bond acceptors (Lipinski definition) is 3. The van der Waals surface area contributed by atoms with E-state index in [1.807, 2.05) is 30.3 Å². The molecule has 0 radical (unpaired) electrons. The number of nitrogens with zero attached hydrogens (tertiary/aromatic N) is 2. The second kappa shape index (κ2) is 7.29. The van der Waals surface area contributed by atoms with Crippen molar-refractivity contribution >= 4 is 23.8 Å². The van der Waals surface area contributed by atoms with Gasteiger partial charge >= 0.3 is 0 Å². The number of carbonyl (C=O) groups is 3. The maximum absolute atomic E-state index is 12.4. The molecule has 0 bridgehead atoms. The first-order valence-electron chi connectivity index (χ1n) is 8.23. The number of hydrogen-bond donors (Lipinski definition) is 1. The van der Waals surface area contributed by atoms with E-state index in [4.69, 9.17) is 0 Å². The minimum absolute atomic E-state index is 0.0292. The molecule has 24 heavy (non-hydrogen) atoms. The molecule has 1 N–H and O–H groups in total. The van der Waals surface area contributed by atoms with Crippen molar-refractivity contribution in [3.8, 4) is 0 Å². The Kier molecular flexibility index (Phi) is 4.93. The van der Waals surface area contributed by atoms with E-state index in [0.717, 1.165) is 11.1 Å². The van der Waals surface area contributed by atoms with Crippen LogP contribution in [0.2, 0.25) is 0 Å². The molecule has 6 heteroatoms. The predicted molar refractivity (Wildman–Crippen MR) is 89.5 cm³/mol. The van der Waals surface area contributed by atoms with E-state index in [-0.39, 0.29) is 30.6 Å². The van der Waals surface area contributed by atoms with Gasteiger partial charge in [-0.3, -0.25) is 14.4 Å². The van der Waals surface area contributed by atoms with Gasteiger partial charge in [-0.25, -0.2) is 0 Å². The summed E-state index contributed by atoms with van der Waals surface area (Å²) in [5.41, 5.74) is 2.23. The Morgan fingerprint density at radius 1 is 1.08 bits per heavy atom. The van der Waals surface area contributed by atoms with Crippen LogP contribution in [0.3, 0.4) is 0 Å². The lowest BCUT2D eigenvalue weighted by Gasteiger charge is -2.24. The fraction of sp³-hybridized carbons (Fsp3) is 0.389. The van der Waals surface area contributed by atoms with Crippen molar-refractivity contribution in [3.05, 3.63) is 41.6 Å². The highest BCUT2D eigenvalue weighted by Gasteiger charge is 2.21. The summed E-state index contributed by atoms with van der Waals surface area (Å²) >= 11 is 0. The first kappa shape index (κ1) is 16.2. The maximum Gasteiger partial charge on any atom is 0.227 e. The Morgan fingerprint density at radius 2 is 1.88 bits per heavy atom. The quantitative estimate of drug-likeness (QED) is 0.905. The van der Waals surface area contributed by atoms with E-state index >= 15 is 0 Å². The second-order valence-corrected chi connectivity index (χ2v) is 6.02. The number of amides is 3. The molecule has 3 rings (SSSR count). The van der Waals surface area contributed by atoms with E-state index in [1.165, 1.54) is 0 Å². The van der Waals surface area contributed by atoms with Crippen LogP contribution in [0.25, 0.3) is 6.08 Å². The number of fused-ring (bicyclic) bond motifs is 1. The van der Waals surface area contributed by atoms with Gasteiger partial charge in [0, 0.05) is 45.1 Å². The van der Waals surface area contributed by atoms with Gasteiger partial charge in [0.25, 0.3) is 0 Å². The molecule has 1 aromatic rings. The van der Waals surface area contributed by atoms with Gasteiger partial charge in [0.2, 0.25) is 17.7 Å². The third-order valence-corrected chi connectivity index (χ3v) is 4.37. The van der Waals surface area contributed by atoms with Crippen molar-refractivity contribution in [2.75, 3.05) is 19.6 Å². The molecule has 2 aliphatic rings. The van der Waals surface area contributed by atoms with E-state index in [1.54, 1.807) is 16.0 Å². The van der Waals surface area contributed by atoms with Gasteiger partial charge in [0.05, 0.1) is 6.54 Å². The monoisotopic (exact) mass is 327 g/mol. The third kappa shape index (κ3) is 3.82. The Hall–Kier alpha value is -2.63. The molecule has 0 saturated carbocycles.